The monoisotopic (exact) mass is 516 g/mol. The molecule has 2 heterocycles. The molecule has 186 valence electrons. The first-order chi connectivity index (χ1) is 16.7. The van der Waals surface area contributed by atoms with Gasteiger partial charge in [0.1, 0.15) is 10.0 Å². The molecule has 2 aromatic heterocycles. The number of rotatable bonds is 6. The molecule has 0 atom stereocenters. The highest BCUT2D eigenvalue weighted by molar-refractivity contribution is 7.10. The first-order valence-corrected chi connectivity index (χ1v) is 12.5. The zero-order valence-corrected chi connectivity index (χ0v) is 20.1. The van der Waals surface area contributed by atoms with Crippen molar-refractivity contribution < 1.29 is 4.79 Å². The Labute approximate surface area is 221 Å². The lowest BCUT2D eigenvalue weighted by molar-refractivity contribution is 0.0951. The van der Waals surface area contributed by atoms with Crippen LogP contribution in [-0.4, -0.2) is 15.9 Å². The molecule has 36 heavy (non-hydrogen) atoms. The summed E-state index contributed by atoms with van der Waals surface area (Å²) in [5.41, 5.74) is 10.4. The molecular weight excluding hydrogens is 484 g/mol. The van der Waals surface area contributed by atoms with Gasteiger partial charge in [-0.05, 0) is 12.1 Å². The van der Waals surface area contributed by atoms with Crippen LogP contribution in [0.3, 0.4) is 0 Å². The van der Waals surface area contributed by atoms with E-state index in [1.807, 2.05) is 77.5 Å². The van der Waals surface area contributed by atoms with Crippen LogP contribution in [0.25, 0.3) is 22.5 Å². The Morgan fingerprint density at radius 3 is 1.61 bits per heavy atom. The van der Waals surface area contributed by atoms with E-state index in [0.29, 0.717) is 18.7 Å². The van der Waals surface area contributed by atoms with Gasteiger partial charge in [-0.25, -0.2) is 9.97 Å². The number of nitrogens with zero attached hydrogens (tertiary/aromatic N) is 2. The number of thiazole rings is 2. The average Bonchev–Trinajstić information content (AvgIpc) is 3.59. The molecule has 3 aromatic carbocycles. The second kappa shape index (κ2) is 14.7. The lowest BCUT2D eigenvalue weighted by atomic mass is 10.2. The summed E-state index contributed by atoms with van der Waals surface area (Å²) in [6.07, 6.45) is 0. The third-order valence-corrected chi connectivity index (χ3v) is 6.57. The minimum atomic E-state index is -0.0768. The van der Waals surface area contributed by atoms with Gasteiger partial charge in [-0.2, -0.15) is 0 Å². The van der Waals surface area contributed by atoms with Crippen LogP contribution in [0, 0.1) is 0 Å². The fraction of sp³-hybridized carbons (Fsp3) is 0.138. The van der Waals surface area contributed by atoms with Crippen LogP contribution < -0.4 is 11.1 Å². The van der Waals surface area contributed by atoms with Gasteiger partial charge in [0, 0.05) is 34.0 Å². The zero-order chi connectivity index (χ0) is 23.6. The van der Waals surface area contributed by atoms with E-state index < -0.39 is 0 Å². The van der Waals surface area contributed by atoms with Gasteiger partial charge in [0.15, 0.2) is 0 Å². The summed E-state index contributed by atoms with van der Waals surface area (Å²) in [6.45, 7) is 0.975. The van der Waals surface area contributed by atoms with E-state index in [0.717, 1.165) is 32.5 Å². The topological polar surface area (TPSA) is 80.9 Å². The van der Waals surface area contributed by atoms with Gasteiger partial charge in [0.05, 0.1) is 17.9 Å². The minimum Gasteiger partial charge on any atom is -0.346 e. The number of hydrogen-bond donors (Lipinski definition) is 2. The molecule has 0 unspecified atom stereocenters. The van der Waals surface area contributed by atoms with Crippen molar-refractivity contribution in [1.82, 2.24) is 15.3 Å². The smallest absolute Gasteiger partial charge is 0.251 e. The fourth-order valence-electron chi connectivity index (χ4n) is 3.13. The molecule has 0 saturated carbocycles. The molecule has 0 saturated heterocycles. The quantitative estimate of drug-likeness (QED) is 0.248. The lowest BCUT2D eigenvalue weighted by Gasteiger charge is -2.02. The van der Waals surface area contributed by atoms with Crippen LogP contribution in [0.4, 0.5) is 0 Å². The minimum absolute atomic E-state index is 0. The number of hydrogen-bond acceptors (Lipinski definition) is 6. The van der Waals surface area contributed by atoms with Gasteiger partial charge in [-0.15, -0.1) is 22.7 Å². The number of carbonyl (C=O) groups excluding carboxylic acids is 1. The number of carbonyl (C=O) groups is 1. The van der Waals surface area contributed by atoms with E-state index in [-0.39, 0.29) is 20.8 Å². The van der Waals surface area contributed by atoms with Crippen LogP contribution in [-0.2, 0) is 13.1 Å². The van der Waals surface area contributed by atoms with Crippen molar-refractivity contribution in [3.05, 3.63) is 117 Å². The van der Waals surface area contributed by atoms with Crippen LogP contribution in [0.5, 0.6) is 0 Å². The van der Waals surface area contributed by atoms with E-state index in [1.165, 1.54) is 0 Å². The van der Waals surface area contributed by atoms with Gasteiger partial charge < -0.3 is 11.1 Å². The van der Waals surface area contributed by atoms with Gasteiger partial charge in [-0.3, -0.25) is 4.79 Å². The van der Waals surface area contributed by atoms with Crippen molar-refractivity contribution >= 4 is 28.6 Å². The second-order valence-corrected chi connectivity index (χ2v) is 9.12. The van der Waals surface area contributed by atoms with E-state index >= 15 is 0 Å². The van der Waals surface area contributed by atoms with Crippen LogP contribution in [0.2, 0.25) is 0 Å². The summed E-state index contributed by atoms with van der Waals surface area (Å²) in [6, 6.07) is 29.3. The summed E-state index contributed by atoms with van der Waals surface area (Å²) in [5.74, 6) is -0.0768. The molecule has 5 aromatic rings. The predicted octanol–water partition coefficient (Wildman–Crippen LogP) is 7.28. The van der Waals surface area contributed by atoms with Crippen molar-refractivity contribution in [2.45, 2.75) is 27.9 Å². The largest absolute Gasteiger partial charge is 0.346 e. The maximum atomic E-state index is 12.0. The maximum absolute atomic E-state index is 12.0. The van der Waals surface area contributed by atoms with Crippen molar-refractivity contribution in [3.63, 3.8) is 0 Å². The molecule has 0 radical (unpaired) electrons. The molecule has 0 spiro atoms. The number of nitrogens with one attached hydrogen (secondary N) is 1. The van der Waals surface area contributed by atoms with E-state index in [1.54, 1.807) is 34.8 Å². The molecule has 7 heteroatoms. The lowest BCUT2D eigenvalue weighted by Crippen LogP contribution is -2.22. The summed E-state index contributed by atoms with van der Waals surface area (Å²) >= 11 is 3.16. The Hall–Kier alpha value is -3.65. The SMILES string of the molecule is C.C.NCc1nc(-c2ccccc2)cs1.O=C(NCc1nc(-c2ccccc2)cs1)c1ccccc1. The predicted molar refractivity (Wildman–Crippen MR) is 154 cm³/mol. The summed E-state index contributed by atoms with van der Waals surface area (Å²) in [4.78, 5) is 20.9. The molecule has 0 fully saturated rings. The third kappa shape index (κ3) is 7.95. The van der Waals surface area contributed by atoms with Gasteiger partial charge >= 0.3 is 0 Å². The van der Waals surface area contributed by atoms with Gasteiger partial charge in [0.2, 0.25) is 0 Å². The Morgan fingerprint density at radius 1 is 0.694 bits per heavy atom. The van der Waals surface area contributed by atoms with Crippen molar-refractivity contribution in [2.24, 2.45) is 5.73 Å². The molecule has 3 N–H and O–H groups in total. The summed E-state index contributed by atoms with van der Waals surface area (Å²) in [5, 5.41) is 8.83. The standard InChI is InChI=1S/C17H14N2OS.C10H10N2S.2CH4/c20-17(14-9-5-2-6-10-14)18-11-16-19-15(12-21-16)13-7-3-1-4-8-13;11-6-10-12-9(7-13-10)8-4-2-1-3-5-8;;/h1-10,12H,11H2,(H,18,20);1-5,7H,6,11H2;2*1H4. The molecular formula is C29H32N4OS2. The third-order valence-electron chi connectivity index (χ3n) is 4.85. The molecule has 0 bridgehead atoms. The van der Waals surface area contributed by atoms with E-state index in [9.17, 15) is 4.79 Å². The number of aromatic nitrogens is 2. The van der Waals surface area contributed by atoms with Crippen molar-refractivity contribution in [2.75, 3.05) is 0 Å². The highest BCUT2D eigenvalue weighted by Gasteiger charge is 2.07. The van der Waals surface area contributed by atoms with Gasteiger partial charge in [-0.1, -0.05) is 93.7 Å². The normalized spacial score (nSPS) is 9.69. The molecule has 1 amide bonds. The molecule has 5 rings (SSSR count). The van der Waals surface area contributed by atoms with Crippen molar-refractivity contribution in [3.8, 4) is 22.5 Å². The first-order valence-electron chi connectivity index (χ1n) is 10.8. The summed E-state index contributed by atoms with van der Waals surface area (Å²) < 4.78 is 0. The van der Waals surface area contributed by atoms with Gasteiger partial charge in [0.25, 0.3) is 5.91 Å². The number of amides is 1. The Bertz CT molecular complexity index is 1300. The number of benzene rings is 3. The molecule has 0 aliphatic heterocycles. The highest BCUT2D eigenvalue weighted by Crippen LogP contribution is 2.22. The van der Waals surface area contributed by atoms with E-state index in [4.69, 9.17) is 5.73 Å². The van der Waals surface area contributed by atoms with Crippen LogP contribution >= 0.6 is 22.7 Å². The van der Waals surface area contributed by atoms with Crippen LogP contribution in [0.1, 0.15) is 35.2 Å². The molecule has 0 aliphatic carbocycles. The van der Waals surface area contributed by atoms with Crippen LogP contribution in [0.15, 0.2) is 102 Å². The average molecular weight is 517 g/mol. The Balaban J connectivity index is 0.000000264. The summed E-state index contributed by atoms with van der Waals surface area (Å²) in [7, 11) is 0. The first kappa shape index (κ1) is 28.6. The Morgan fingerprint density at radius 2 is 1.14 bits per heavy atom. The van der Waals surface area contributed by atoms with Crippen molar-refractivity contribution in [1.29, 1.82) is 0 Å². The molecule has 5 nitrogen and oxygen atoms in total. The Kier molecular flexibility index (Phi) is 11.7. The molecule has 0 aliphatic rings. The van der Waals surface area contributed by atoms with E-state index in [2.05, 4.69) is 27.4 Å². The zero-order valence-electron chi connectivity index (χ0n) is 18.4. The second-order valence-electron chi connectivity index (χ2n) is 7.24. The number of nitrogens with two attached hydrogens (primary N) is 1. The fourth-order valence-corrected chi connectivity index (χ4v) is 4.55. The highest BCUT2D eigenvalue weighted by atomic mass is 32.1. The maximum Gasteiger partial charge on any atom is 0.251 e.